The van der Waals surface area contributed by atoms with Gasteiger partial charge < -0.3 is 19.7 Å². The molecule has 7 heteroatoms. The zero-order valence-electron chi connectivity index (χ0n) is 15.4. The highest BCUT2D eigenvalue weighted by Gasteiger charge is 2.24. The van der Waals surface area contributed by atoms with Gasteiger partial charge in [-0.05, 0) is 48.7 Å². The van der Waals surface area contributed by atoms with Gasteiger partial charge in [-0.2, -0.15) is 0 Å². The molecule has 1 aromatic carbocycles. The van der Waals surface area contributed by atoms with Crippen LogP contribution < -0.4 is 15.0 Å². The largest absolute Gasteiger partial charge is 0.475 e. The number of aromatic nitrogens is 1. The Labute approximate surface area is 158 Å². The molecule has 0 radical (unpaired) electrons. The van der Waals surface area contributed by atoms with Crippen molar-refractivity contribution in [3.63, 3.8) is 0 Å². The lowest BCUT2D eigenvalue weighted by atomic mass is 10.1. The third kappa shape index (κ3) is 5.17. The summed E-state index contributed by atoms with van der Waals surface area (Å²) in [4.78, 5) is 18.9. The minimum absolute atomic E-state index is 0.198. The zero-order valence-corrected chi connectivity index (χ0v) is 15.4. The molecule has 1 aliphatic rings. The highest BCUT2D eigenvalue weighted by atomic mass is 19.1. The molecule has 0 saturated carbocycles. The minimum atomic E-state index is -0.234. The van der Waals surface area contributed by atoms with Gasteiger partial charge in [-0.15, -0.1) is 0 Å². The predicted molar refractivity (Wildman–Crippen MR) is 101 cm³/mol. The molecule has 2 heterocycles. The third-order valence-electron chi connectivity index (χ3n) is 4.57. The smallest absolute Gasteiger partial charge is 0.256 e. The molecule has 1 unspecified atom stereocenters. The van der Waals surface area contributed by atoms with Crippen molar-refractivity contribution in [2.24, 2.45) is 5.92 Å². The summed E-state index contributed by atoms with van der Waals surface area (Å²) in [5.74, 6) is 0.220. The van der Waals surface area contributed by atoms with Crippen molar-refractivity contribution >= 4 is 11.6 Å². The predicted octanol–water partition coefficient (Wildman–Crippen LogP) is 2.50. The second kappa shape index (κ2) is 9.32. The van der Waals surface area contributed by atoms with E-state index in [0.29, 0.717) is 37.1 Å². The number of pyridine rings is 1. The third-order valence-corrected chi connectivity index (χ3v) is 4.57. The van der Waals surface area contributed by atoms with Crippen LogP contribution in [0.1, 0.15) is 16.8 Å². The maximum absolute atomic E-state index is 13.1. The number of nitrogens with one attached hydrogen (secondary N) is 1. The molecule has 1 N–H and O–H groups in total. The molecule has 1 fully saturated rings. The molecule has 2 aromatic rings. The Morgan fingerprint density at radius 3 is 2.89 bits per heavy atom. The normalized spacial score (nSPS) is 16.4. The molecule has 1 saturated heterocycles. The van der Waals surface area contributed by atoms with Gasteiger partial charge in [0.2, 0.25) is 5.88 Å². The van der Waals surface area contributed by atoms with Crippen LogP contribution in [0.3, 0.4) is 0 Å². The molecule has 1 aromatic heterocycles. The molecule has 0 bridgehead atoms. The Morgan fingerprint density at radius 1 is 1.30 bits per heavy atom. The van der Waals surface area contributed by atoms with Crippen LogP contribution in [0.2, 0.25) is 0 Å². The van der Waals surface area contributed by atoms with Crippen molar-refractivity contribution in [1.82, 2.24) is 10.3 Å². The number of ether oxygens (including phenoxy) is 2. The fourth-order valence-corrected chi connectivity index (χ4v) is 3.12. The van der Waals surface area contributed by atoms with Crippen LogP contribution in [-0.2, 0) is 4.74 Å². The number of anilines is 1. The van der Waals surface area contributed by atoms with E-state index < -0.39 is 0 Å². The van der Waals surface area contributed by atoms with Crippen LogP contribution in [0.4, 0.5) is 10.1 Å². The van der Waals surface area contributed by atoms with Crippen molar-refractivity contribution in [1.29, 1.82) is 0 Å². The van der Waals surface area contributed by atoms with Crippen LogP contribution in [0.25, 0.3) is 0 Å². The number of benzene rings is 1. The van der Waals surface area contributed by atoms with E-state index in [0.717, 1.165) is 25.2 Å². The zero-order chi connectivity index (χ0) is 19.1. The molecular formula is C20H24FN3O3. The molecule has 27 heavy (non-hydrogen) atoms. The van der Waals surface area contributed by atoms with E-state index in [2.05, 4.69) is 15.2 Å². The lowest BCUT2D eigenvalue weighted by Crippen LogP contribution is -2.31. The number of hydrogen-bond donors (Lipinski definition) is 1. The van der Waals surface area contributed by atoms with E-state index in [1.165, 1.54) is 12.1 Å². The summed E-state index contributed by atoms with van der Waals surface area (Å²) in [5.41, 5.74) is 1.42. The lowest BCUT2D eigenvalue weighted by Gasteiger charge is -2.19. The first-order valence-corrected chi connectivity index (χ1v) is 9.03. The summed E-state index contributed by atoms with van der Waals surface area (Å²) in [6.45, 7) is 3.06. The first-order valence-electron chi connectivity index (χ1n) is 9.03. The number of halogens is 1. The Morgan fingerprint density at radius 2 is 2.11 bits per heavy atom. The monoisotopic (exact) mass is 373 g/mol. The fraction of sp³-hybridized carbons (Fsp3) is 0.400. The van der Waals surface area contributed by atoms with E-state index in [4.69, 9.17) is 9.47 Å². The number of carbonyl (C=O) groups is 1. The summed E-state index contributed by atoms with van der Waals surface area (Å²) in [7, 11) is 1.59. The van der Waals surface area contributed by atoms with Crippen LogP contribution >= 0.6 is 0 Å². The Kier molecular flexibility index (Phi) is 6.59. The van der Waals surface area contributed by atoms with Crippen LogP contribution in [0, 0.1) is 11.7 Å². The first-order chi connectivity index (χ1) is 13.2. The van der Waals surface area contributed by atoms with E-state index in [-0.39, 0.29) is 11.7 Å². The molecule has 1 amide bonds. The Balaban J connectivity index is 1.52. The van der Waals surface area contributed by atoms with Crippen LogP contribution in [0.15, 0.2) is 42.6 Å². The van der Waals surface area contributed by atoms with Crippen LogP contribution in [-0.4, -0.2) is 50.8 Å². The molecule has 1 aliphatic heterocycles. The second-order valence-corrected chi connectivity index (χ2v) is 6.48. The Bertz CT molecular complexity index is 754. The molecule has 1 atom stereocenters. The van der Waals surface area contributed by atoms with Gasteiger partial charge in [-0.1, -0.05) is 0 Å². The first kappa shape index (κ1) is 19.1. The van der Waals surface area contributed by atoms with E-state index in [1.54, 1.807) is 37.6 Å². The highest BCUT2D eigenvalue weighted by Crippen LogP contribution is 2.24. The summed E-state index contributed by atoms with van der Waals surface area (Å²) in [6, 6.07) is 9.93. The summed E-state index contributed by atoms with van der Waals surface area (Å²) >= 11 is 0. The number of carbonyl (C=O) groups excluding carboxylic acids is 1. The molecular weight excluding hydrogens is 349 g/mol. The van der Waals surface area contributed by atoms with Crippen molar-refractivity contribution in [2.75, 3.05) is 44.9 Å². The van der Waals surface area contributed by atoms with Gasteiger partial charge in [-0.3, -0.25) is 4.79 Å². The van der Waals surface area contributed by atoms with Gasteiger partial charge in [0.15, 0.2) is 0 Å². The number of amides is 1. The van der Waals surface area contributed by atoms with Crippen molar-refractivity contribution in [3.8, 4) is 5.88 Å². The SMILES string of the molecule is COCCOc1ncccc1C(=O)NCC1CCN(c2ccc(F)cc2)C1. The van der Waals surface area contributed by atoms with Gasteiger partial charge in [0, 0.05) is 38.6 Å². The average molecular weight is 373 g/mol. The minimum Gasteiger partial charge on any atom is -0.475 e. The molecule has 0 spiro atoms. The van der Waals surface area contributed by atoms with Gasteiger partial charge in [0.25, 0.3) is 5.91 Å². The van der Waals surface area contributed by atoms with Crippen LogP contribution in [0.5, 0.6) is 5.88 Å². The van der Waals surface area contributed by atoms with Gasteiger partial charge in [0.05, 0.1) is 6.61 Å². The Hall–Kier alpha value is -2.67. The highest BCUT2D eigenvalue weighted by molar-refractivity contribution is 5.96. The number of methoxy groups -OCH3 is 1. The van der Waals surface area contributed by atoms with E-state index in [9.17, 15) is 9.18 Å². The van der Waals surface area contributed by atoms with E-state index >= 15 is 0 Å². The lowest BCUT2D eigenvalue weighted by molar-refractivity contribution is 0.0939. The van der Waals surface area contributed by atoms with Gasteiger partial charge >= 0.3 is 0 Å². The topological polar surface area (TPSA) is 63.7 Å². The summed E-state index contributed by atoms with van der Waals surface area (Å²) < 4.78 is 23.5. The van der Waals surface area contributed by atoms with Crippen molar-refractivity contribution < 1.29 is 18.7 Å². The molecule has 3 rings (SSSR count). The van der Waals surface area contributed by atoms with Gasteiger partial charge in [-0.25, -0.2) is 9.37 Å². The fourth-order valence-electron chi connectivity index (χ4n) is 3.12. The molecule has 6 nitrogen and oxygen atoms in total. The number of rotatable bonds is 8. The maximum Gasteiger partial charge on any atom is 0.256 e. The summed E-state index contributed by atoms with van der Waals surface area (Å²) in [5, 5.41) is 2.98. The maximum atomic E-state index is 13.1. The van der Waals surface area contributed by atoms with Gasteiger partial charge in [0.1, 0.15) is 18.0 Å². The average Bonchev–Trinajstić information content (AvgIpc) is 3.16. The molecule has 0 aliphatic carbocycles. The number of hydrogen-bond acceptors (Lipinski definition) is 5. The summed E-state index contributed by atoms with van der Waals surface area (Å²) in [6.07, 6.45) is 2.57. The van der Waals surface area contributed by atoms with Crippen molar-refractivity contribution in [3.05, 3.63) is 54.0 Å². The quantitative estimate of drug-likeness (QED) is 0.721. The second-order valence-electron chi connectivity index (χ2n) is 6.48. The molecule has 144 valence electrons. The number of nitrogens with zero attached hydrogens (tertiary/aromatic N) is 2. The van der Waals surface area contributed by atoms with E-state index in [1.807, 2.05) is 0 Å². The standard InChI is InChI=1S/C20H24FN3O3/c1-26-11-12-27-20-18(3-2-9-22-20)19(25)23-13-15-8-10-24(14-15)17-6-4-16(21)5-7-17/h2-7,9,15H,8,10-14H2,1H3,(H,23,25). The van der Waals surface area contributed by atoms with Crippen molar-refractivity contribution in [2.45, 2.75) is 6.42 Å².